The van der Waals surface area contributed by atoms with E-state index < -0.39 is 6.10 Å². The second kappa shape index (κ2) is 10.5. The Morgan fingerprint density at radius 2 is 2.17 bits per heavy atom. The predicted molar refractivity (Wildman–Crippen MR) is 100 cm³/mol. The summed E-state index contributed by atoms with van der Waals surface area (Å²) in [5.41, 5.74) is 0.833. The zero-order chi connectivity index (χ0) is 18.1. The van der Waals surface area contributed by atoms with E-state index in [-0.39, 0.29) is 24.1 Å². The summed E-state index contributed by atoms with van der Waals surface area (Å²) in [6, 6.07) is -0.0315. The molecule has 5 N–H and O–H groups in total. The van der Waals surface area contributed by atoms with Crippen molar-refractivity contribution in [1.29, 1.82) is 0 Å². The third-order valence-corrected chi connectivity index (χ3v) is 4.30. The molecule has 1 saturated heterocycles. The number of amidine groups is 1. The number of aliphatic hydroxyl groups excluding tert-OH is 2. The van der Waals surface area contributed by atoms with Crippen LogP contribution in [-0.4, -0.2) is 60.0 Å². The topological polar surface area (TPSA) is 88.9 Å². The molecular formula is C18H34N4O2. The molecule has 6 nitrogen and oxygen atoms in total. The predicted octanol–water partition coefficient (Wildman–Crippen LogP) is 0.782. The third-order valence-electron chi connectivity index (χ3n) is 4.30. The van der Waals surface area contributed by atoms with E-state index >= 15 is 0 Å². The standard InChI is InChI=1S/C18H34N4O2/c1-6-8-15(17(24)11-20-12(3)4)13(5)22-18(19-7-2)16-9-14(23)10-21-16/h6,13-17,20-21,23-24H,1,3,7-11H2,2,4-5H3,(H,19,22)/t13?,14-,15+,16?,17?/m1/s1. The molecule has 138 valence electrons. The van der Waals surface area contributed by atoms with Gasteiger partial charge in [-0.25, -0.2) is 0 Å². The van der Waals surface area contributed by atoms with Crippen LogP contribution in [0.1, 0.15) is 33.6 Å². The molecule has 1 aliphatic heterocycles. The summed E-state index contributed by atoms with van der Waals surface area (Å²) in [6.45, 7) is 15.3. The van der Waals surface area contributed by atoms with E-state index in [1.807, 2.05) is 26.8 Å². The van der Waals surface area contributed by atoms with Crippen LogP contribution in [0.15, 0.2) is 29.9 Å². The Bertz CT molecular complexity index is 439. The maximum absolute atomic E-state index is 10.5. The number of aliphatic hydroxyl groups is 2. The first-order valence-corrected chi connectivity index (χ1v) is 8.80. The maximum Gasteiger partial charge on any atom is 0.114 e. The summed E-state index contributed by atoms with van der Waals surface area (Å²) in [7, 11) is 0. The fourth-order valence-electron chi connectivity index (χ4n) is 2.98. The number of rotatable bonds is 10. The molecule has 0 saturated carbocycles. The number of likely N-dealkylation sites (N-methyl/N-ethyl adjacent to an activating group) is 1. The van der Waals surface area contributed by atoms with Crippen molar-refractivity contribution < 1.29 is 10.2 Å². The first-order chi connectivity index (χ1) is 11.4. The molecule has 6 heteroatoms. The van der Waals surface area contributed by atoms with Gasteiger partial charge < -0.3 is 26.2 Å². The van der Waals surface area contributed by atoms with Gasteiger partial charge in [-0.15, -0.1) is 6.58 Å². The van der Waals surface area contributed by atoms with Gasteiger partial charge in [0.2, 0.25) is 0 Å². The highest BCUT2D eigenvalue weighted by Crippen LogP contribution is 2.19. The maximum atomic E-state index is 10.5. The Hall–Kier alpha value is -1.37. The molecule has 0 aromatic heterocycles. The van der Waals surface area contributed by atoms with Crippen molar-refractivity contribution in [3.8, 4) is 0 Å². The molecule has 3 unspecified atom stereocenters. The lowest BCUT2D eigenvalue weighted by atomic mass is 9.91. The number of hydrogen-bond acceptors (Lipinski definition) is 5. The summed E-state index contributed by atoms with van der Waals surface area (Å²) in [4.78, 5) is 4.82. The zero-order valence-corrected chi connectivity index (χ0v) is 15.3. The van der Waals surface area contributed by atoms with Gasteiger partial charge in [0.05, 0.1) is 24.3 Å². The van der Waals surface area contributed by atoms with Gasteiger partial charge >= 0.3 is 0 Å². The Kier molecular flexibility index (Phi) is 9.03. The van der Waals surface area contributed by atoms with Gasteiger partial charge in [0.25, 0.3) is 0 Å². The minimum atomic E-state index is -0.538. The summed E-state index contributed by atoms with van der Waals surface area (Å²) in [5.74, 6) is 0.824. The second-order valence-electron chi connectivity index (χ2n) is 6.55. The van der Waals surface area contributed by atoms with Crippen molar-refractivity contribution >= 4 is 5.84 Å². The molecule has 24 heavy (non-hydrogen) atoms. The lowest BCUT2D eigenvalue weighted by Crippen LogP contribution is -2.43. The Balaban J connectivity index is 2.82. The minimum absolute atomic E-state index is 0.0330. The summed E-state index contributed by atoms with van der Waals surface area (Å²) in [6.07, 6.45) is 2.30. The SMILES string of the molecule is C=CC[C@H](C(O)CNC(=C)C)C(C)/N=C(\NCC)C1C[C@@H](O)CN1. The van der Waals surface area contributed by atoms with Gasteiger partial charge in [0.1, 0.15) is 5.84 Å². The minimum Gasteiger partial charge on any atom is -0.392 e. The number of aliphatic imine (C=N–C) groups is 1. The highest BCUT2D eigenvalue weighted by molar-refractivity contribution is 5.88. The van der Waals surface area contributed by atoms with E-state index in [4.69, 9.17) is 4.99 Å². The highest BCUT2D eigenvalue weighted by atomic mass is 16.3. The van der Waals surface area contributed by atoms with Crippen molar-refractivity contribution in [3.05, 3.63) is 24.9 Å². The lowest BCUT2D eigenvalue weighted by Gasteiger charge is -2.27. The van der Waals surface area contributed by atoms with Gasteiger partial charge in [-0.05, 0) is 33.6 Å². The largest absolute Gasteiger partial charge is 0.392 e. The van der Waals surface area contributed by atoms with E-state index in [1.54, 1.807) is 0 Å². The average molecular weight is 338 g/mol. The van der Waals surface area contributed by atoms with Crippen molar-refractivity contribution in [1.82, 2.24) is 16.0 Å². The second-order valence-corrected chi connectivity index (χ2v) is 6.55. The Morgan fingerprint density at radius 1 is 1.46 bits per heavy atom. The summed E-state index contributed by atoms with van der Waals surface area (Å²) >= 11 is 0. The molecule has 1 aliphatic rings. The van der Waals surface area contributed by atoms with E-state index in [9.17, 15) is 10.2 Å². The molecule has 1 rings (SSSR count). The molecule has 0 amide bonds. The number of hydrogen-bond donors (Lipinski definition) is 5. The van der Waals surface area contributed by atoms with Gasteiger partial charge in [0.15, 0.2) is 0 Å². The van der Waals surface area contributed by atoms with Crippen LogP contribution < -0.4 is 16.0 Å². The van der Waals surface area contributed by atoms with E-state index in [0.717, 1.165) is 18.1 Å². The van der Waals surface area contributed by atoms with Crippen LogP contribution in [0.3, 0.4) is 0 Å². The van der Waals surface area contributed by atoms with Crippen LogP contribution >= 0.6 is 0 Å². The fraction of sp³-hybridized carbons (Fsp3) is 0.722. The molecule has 0 aromatic rings. The Morgan fingerprint density at radius 3 is 2.67 bits per heavy atom. The van der Waals surface area contributed by atoms with Crippen molar-refractivity contribution in [3.63, 3.8) is 0 Å². The average Bonchev–Trinajstić information content (AvgIpc) is 2.96. The molecular weight excluding hydrogens is 304 g/mol. The van der Waals surface area contributed by atoms with Crippen molar-refractivity contribution in [2.45, 2.75) is 57.9 Å². The summed E-state index contributed by atoms with van der Waals surface area (Å²) in [5, 5.41) is 29.9. The highest BCUT2D eigenvalue weighted by Gasteiger charge is 2.29. The molecule has 5 atom stereocenters. The number of β-amino-alcohol motifs (C(OH)–C–C–N with tert-alkyl or cyclic N) is 1. The third kappa shape index (κ3) is 6.63. The monoisotopic (exact) mass is 338 g/mol. The van der Waals surface area contributed by atoms with Crippen LogP contribution in [0.25, 0.3) is 0 Å². The number of allylic oxidation sites excluding steroid dienone is 2. The fourth-order valence-corrected chi connectivity index (χ4v) is 2.98. The quantitative estimate of drug-likeness (QED) is 0.231. The van der Waals surface area contributed by atoms with Gasteiger partial charge in [-0.3, -0.25) is 4.99 Å². The normalized spacial score (nSPS) is 25.0. The van der Waals surface area contributed by atoms with Gasteiger partial charge in [-0.2, -0.15) is 0 Å². The van der Waals surface area contributed by atoms with Crippen LogP contribution in [0.5, 0.6) is 0 Å². The molecule has 0 aromatic carbocycles. The first kappa shape index (κ1) is 20.7. The Labute approximate surface area is 146 Å². The first-order valence-electron chi connectivity index (χ1n) is 8.80. The molecule has 0 spiro atoms. The number of nitrogens with zero attached hydrogens (tertiary/aromatic N) is 1. The molecule has 0 bridgehead atoms. The van der Waals surface area contributed by atoms with E-state index in [1.165, 1.54) is 0 Å². The van der Waals surface area contributed by atoms with Gasteiger partial charge in [-0.1, -0.05) is 12.7 Å². The van der Waals surface area contributed by atoms with Crippen LogP contribution in [0.4, 0.5) is 0 Å². The smallest absolute Gasteiger partial charge is 0.114 e. The molecule has 1 heterocycles. The van der Waals surface area contributed by atoms with Crippen LogP contribution in [0.2, 0.25) is 0 Å². The zero-order valence-electron chi connectivity index (χ0n) is 15.3. The van der Waals surface area contributed by atoms with E-state index in [2.05, 4.69) is 29.1 Å². The van der Waals surface area contributed by atoms with Crippen molar-refractivity contribution in [2.24, 2.45) is 10.9 Å². The van der Waals surface area contributed by atoms with E-state index in [0.29, 0.717) is 25.9 Å². The van der Waals surface area contributed by atoms with Gasteiger partial charge in [0, 0.05) is 31.2 Å². The lowest BCUT2D eigenvalue weighted by molar-refractivity contribution is 0.0986. The molecule has 0 radical (unpaired) electrons. The summed E-state index contributed by atoms with van der Waals surface area (Å²) < 4.78 is 0. The number of nitrogens with one attached hydrogen (secondary N) is 3. The van der Waals surface area contributed by atoms with Crippen molar-refractivity contribution in [2.75, 3.05) is 19.6 Å². The van der Waals surface area contributed by atoms with Crippen LogP contribution in [0, 0.1) is 5.92 Å². The van der Waals surface area contributed by atoms with Crippen LogP contribution in [-0.2, 0) is 0 Å². The molecule has 1 fully saturated rings. The molecule has 0 aliphatic carbocycles.